The zero-order chi connectivity index (χ0) is 16.2. The summed E-state index contributed by atoms with van der Waals surface area (Å²) in [5, 5.41) is 26.6. The molecule has 0 bridgehead atoms. The number of benzene rings is 2. The van der Waals surface area contributed by atoms with E-state index in [4.69, 9.17) is 0 Å². The van der Waals surface area contributed by atoms with E-state index in [1.54, 1.807) is 12.1 Å². The number of hydrogen-bond acceptors (Lipinski definition) is 3. The van der Waals surface area contributed by atoms with Crippen molar-refractivity contribution in [1.82, 2.24) is 10.2 Å². The summed E-state index contributed by atoms with van der Waals surface area (Å²) in [6.07, 6.45) is 2.01. The van der Waals surface area contributed by atoms with Gasteiger partial charge in [-0.1, -0.05) is 37.6 Å². The summed E-state index contributed by atoms with van der Waals surface area (Å²) >= 11 is 0. The molecule has 114 valence electrons. The van der Waals surface area contributed by atoms with Crippen LogP contribution in [0.1, 0.15) is 24.5 Å². The minimum atomic E-state index is 0.205. The molecule has 4 nitrogen and oxygen atoms in total. The fourth-order valence-electron chi connectivity index (χ4n) is 2.65. The Hall–Kier alpha value is -3.06. The molecule has 2 aromatic carbocycles. The molecule has 0 amide bonds. The number of nitriles is 1. The summed E-state index contributed by atoms with van der Waals surface area (Å²) in [4.78, 5) is 0. The van der Waals surface area contributed by atoms with Crippen molar-refractivity contribution in [2.24, 2.45) is 0 Å². The van der Waals surface area contributed by atoms with Crippen LogP contribution < -0.4 is 0 Å². The SMILES string of the molecule is CCCc1ccc(O)c(-c2cc(-c3ccccc3C#N)[nH]n2)c1. The maximum Gasteiger partial charge on any atom is 0.125 e. The van der Waals surface area contributed by atoms with E-state index in [-0.39, 0.29) is 5.75 Å². The molecule has 23 heavy (non-hydrogen) atoms. The second-order valence-corrected chi connectivity index (χ2v) is 5.43. The van der Waals surface area contributed by atoms with E-state index in [0.29, 0.717) is 16.8 Å². The van der Waals surface area contributed by atoms with Crippen molar-refractivity contribution in [2.75, 3.05) is 0 Å². The third-order valence-electron chi connectivity index (χ3n) is 3.79. The summed E-state index contributed by atoms with van der Waals surface area (Å²) in [5.74, 6) is 0.205. The third-order valence-corrected chi connectivity index (χ3v) is 3.79. The fourth-order valence-corrected chi connectivity index (χ4v) is 2.65. The molecular weight excluding hydrogens is 286 g/mol. The first-order chi connectivity index (χ1) is 11.2. The van der Waals surface area contributed by atoms with Crippen LogP contribution in [0.2, 0.25) is 0 Å². The molecule has 3 aromatic rings. The van der Waals surface area contributed by atoms with Crippen LogP contribution in [0.3, 0.4) is 0 Å². The number of phenolic OH excluding ortho intramolecular Hbond substituents is 1. The monoisotopic (exact) mass is 303 g/mol. The Labute approximate surface area is 135 Å². The van der Waals surface area contributed by atoms with Gasteiger partial charge in [-0.3, -0.25) is 5.10 Å². The molecule has 0 saturated carbocycles. The van der Waals surface area contributed by atoms with Gasteiger partial charge in [-0.2, -0.15) is 10.4 Å². The molecule has 0 aliphatic heterocycles. The predicted octanol–water partition coefficient (Wildman–Crippen LogP) is 4.27. The van der Waals surface area contributed by atoms with E-state index in [0.717, 1.165) is 24.1 Å². The van der Waals surface area contributed by atoms with Crippen molar-refractivity contribution in [3.8, 4) is 34.3 Å². The van der Waals surface area contributed by atoms with Gasteiger partial charge >= 0.3 is 0 Å². The van der Waals surface area contributed by atoms with Gasteiger partial charge in [-0.15, -0.1) is 0 Å². The van der Waals surface area contributed by atoms with Crippen LogP contribution in [0.5, 0.6) is 5.75 Å². The number of nitrogens with one attached hydrogen (secondary N) is 1. The molecule has 0 unspecified atom stereocenters. The van der Waals surface area contributed by atoms with Crippen molar-refractivity contribution in [1.29, 1.82) is 5.26 Å². The number of aryl methyl sites for hydroxylation is 1. The summed E-state index contributed by atoms with van der Waals surface area (Å²) < 4.78 is 0. The van der Waals surface area contributed by atoms with Gasteiger partial charge in [0.15, 0.2) is 0 Å². The molecule has 0 fully saturated rings. The molecule has 0 saturated heterocycles. The van der Waals surface area contributed by atoms with Crippen LogP contribution in [-0.2, 0) is 6.42 Å². The summed E-state index contributed by atoms with van der Waals surface area (Å²) in [6.45, 7) is 2.12. The van der Waals surface area contributed by atoms with Gasteiger partial charge in [-0.05, 0) is 36.2 Å². The Balaban J connectivity index is 2.03. The summed E-state index contributed by atoms with van der Waals surface area (Å²) in [7, 11) is 0. The minimum absolute atomic E-state index is 0.205. The molecule has 2 N–H and O–H groups in total. The van der Waals surface area contributed by atoms with Gasteiger partial charge in [-0.25, -0.2) is 0 Å². The highest BCUT2D eigenvalue weighted by molar-refractivity contribution is 5.74. The van der Waals surface area contributed by atoms with Crippen molar-refractivity contribution in [3.05, 3.63) is 59.7 Å². The lowest BCUT2D eigenvalue weighted by molar-refractivity contribution is 0.477. The van der Waals surface area contributed by atoms with Gasteiger partial charge in [0, 0.05) is 11.1 Å². The van der Waals surface area contributed by atoms with Crippen LogP contribution >= 0.6 is 0 Å². The minimum Gasteiger partial charge on any atom is -0.507 e. The van der Waals surface area contributed by atoms with E-state index in [9.17, 15) is 10.4 Å². The van der Waals surface area contributed by atoms with Crippen LogP contribution in [0.25, 0.3) is 22.5 Å². The number of H-pyrrole nitrogens is 1. The van der Waals surface area contributed by atoms with E-state index in [2.05, 4.69) is 23.2 Å². The van der Waals surface area contributed by atoms with E-state index in [1.807, 2.05) is 36.4 Å². The number of hydrogen-bond donors (Lipinski definition) is 2. The Morgan fingerprint density at radius 2 is 1.96 bits per heavy atom. The maximum absolute atomic E-state index is 10.1. The highest BCUT2D eigenvalue weighted by Crippen LogP contribution is 2.32. The first kappa shape index (κ1) is 14.9. The second kappa shape index (κ2) is 6.37. The molecule has 0 aliphatic rings. The lowest BCUT2D eigenvalue weighted by atomic mass is 10.0. The fraction of sp³-hybridized carbons (Fsp3) is 0.158. The predicted molar refractivity (Wildman–Crippen MR) is 89.8 cm³/mol. The normalized spacial score (nSPS) is 10.4. The lowest BCUT2D eigenvalue weighted by Crippen LogP contribution is -1.86. The Kier molecular flexibility index (Phi) is 4.11. The van der Waals surface area contributed by atoms with Gasteiger partial charge in [0.2, 0.25) is 0 Å². The lowest BCUT2D eigenvalue weighted by Gasteiger charge is -2.04. The zero-order valence-corrected chi connectivity index (χ0v) is 12.9. The third kappa shape index (κ3) is 2.95. The summed E-state index contributed by atoms with van der Waals surface area (Å²) in [6, 6.07) is 17.0. The van der Waals surface area contributed by atoms with Gasteiger partial charge in [0.25, 0.3) is 0 Å². The number of aromatic amines is 1. The number of nitrogens with zero attached hydrogens (tertiary/aromatic N) is 2. The molecule has 3 rings (SSSR count). The number of aromatic hydroxyl groups is 1. The molecule has 1 heterocycles. The quantitative estimate of drug-likeness (QED) is 0.755. The number of aromatic nitrogens is 2. The van der Waals surface area contributed by atoms with Crippen LogP contribution in [0.4, 0.5) is 0 Å². The van der Waals surface area contributed by atoms with Crippen LogP contribution in [0.15, 0.2) is 48.5 Å². The summed E-state index contributed by atoms with van der Waals surface area (Å²) in [5.41, 5.74) is 4.69. The zero-order valence-electron chi connectivity index (χ0n) is 12.9. The molecular formula is C19H17N3O. The maximum atomic E-state index is 10.1. The van der Waals surface area contributed by atoms with Crippen molar-refractivity contribution < 1.29 is 5.11 Å². The Morgan fingerprint density at radius 3 is 2.74 bits per heavy atom. The van der Waals surface area contributed by atoms with E-state index >= 15 is 0 Å². The van der Waals surface area contributed by atoms with E-state index in [1.165, 1.54) is 5.56 Å². The first-order valence-corrected chi connectivity index (χ1v) is 7.60. The van der Waals surface area contributed by atoms with Crippen molar-refractivity contribution in [3.63, 3.8) is 0 Å². The molecule has 4 heteroatoms. The van der Waals surface area contributed by atoms with Crippen LogP contribution in [0, 0.1) is 11.3 Å². The standard InChI is InChI=1S/C19H17N3O/c1-2-5-13-8-9-19(23)16(10-13)18-11-17(21-22-18)15-7-4-3-6-14(15)12-20/h3-4,6-11,23H,2,5H2,1H3,(H,21,22). The topological polar surface area (TPSA) is 72.7 Å². The molecule has 0 aliphatic carbocycles. The first-order valence-electron chi connectivity index (χ1n) is 7.60. The highest BCUT2D eigenvalue weighted by atomic mass is 16.3. The average molecular weight is 303 g/mol. The average Bonchev–Trinajstić information content (AvgIpc) is 3.06. The van der Waals surface area contributed by atoms with Gasteiger partial charge in [0.05, 0.1) is 23.0 Å². The van der Waals surface area contributed by atoms with E-state index < -0.39 is 0 Å². The van der Waals surface area contributed by atoms with Crippen molar-refractivity contribution >= 4 is 0 Å². The molecule has 0 spiro atoms. The number of rotatable bonds is 4. The highest BCUT2D eigenvalue weighted by Gasteiger charge is 2.12. The van der Waals surface area contributed by atoms with Gasteiger partial charge in [0.1, 0.15) is 5.75 Å². The van der Waals surface area contributed by atoms with Crippen molar-refractivity contribution in [2.45, 2.75) is 19.8 Å². The molecule has 0 atom stereocenters. The number of phenols is 1. The Bertz CT molecular complexity index is 874. The molecule has 0 radical (unpaired) electrons. The van der Waals surface area contributed by atoms with Crippen LogP contribution in [-0.4, -0.2) is 15.3 Å². The van der Waals surface area contributed by atoms with Gasteiger partial charge < -0.3 is 5.11 Å². The second-order valence-electron chi connectivity index (χ2n) is 5.43. The Morgan fingerprint density at radius 1 is 1.13 bits per heavy atom. The smallest absolute Gasteiger partial charge is 0.125 e. The molecule has 1 aromatic heterocycles. The largest absolute Gasteiger partial charge is 0.507 e.